The highest BCUT2D eigenvalue weighted by molar-refractivity contribution is 6.30. The Hall–Kier alpha value is -2.06. The highest BCUT2D eigenvalue weighted by atomic mass is 35.5. The van der Waals surface area contributed by atoms with Crippen LogP contribution in [0.2, 0.25) is 5.02 Å². The van der Waals surface area contributed by atoms with Crippen molar-refractivity contribution in [3.05, 3.63) is 47.5 Å². The van der Waals surface area contributed by atoms with Gasteiger partial charge in [-0.2, -0.15) is 13.2 Å². The van der Waals surface area contributed by atoms with Crippen LogP contribution in [0.1, 0.15) is 36.0 Å². The normalized spacial score (nSPS) is 18.8. The second-order valence-corrected chi connectivity index (χ2v) is 7.60. The molecule has 0 aliphatic carbocycles. The SMILES string of the molecule is C=CCN1CCCC12CCN(C(=O)c1cccc(Cl)c1)CC2.O=C(O)C(F)(F)F. The van der Waals surface area contributed by atoms with Crippen molar-refractivity contribution in [3.8, 4) is 0 Å². The van der Waals surface area contributed by atoms with E-state index in [4.69, 9.17) is 21.5 Å². The first kappa shape index (κ1) is 23.2. The van der Waals surface area contributed by atoms with Gasteiger partial charge in [0.2, 0.25) is 0 Å². The van der Waals surface area contributed by atoms with Crippen LogP contribution >= 0.6 is 11.6 Å². The molecule has 160 valence electrons. The summed E-state index contributed by atoms with van der Waals surface area (Å²) in [6.45, 7) is 7.66. The van der Waals surface area contributed by atoms with Crippen molar-refractivity contribution >= 4 is 23.5 Å². The quantitative estimate of drug-likeness (QED) is 0.726. The number of carboxylic acid groups (broad SMARTS) is 1. The van der Waals surface area contributed by atoms with Crippen LogP contribution < -0.4 is 0 Å². The summed E-state index contributed by atoms with van der Waals surface area (Å²) in [6, 6.07) is 7.24. The molecule has 1 spiro atoms. The number of amides is 1. The summed E-state index contributed by atoms with van der Waals surface area (Å²) in [5.74, 6) is -2.65. The lowest BCUT2D eigenvalue weighted by atomic mass is 9.84. The van der Waals surface area contributed by atoms with E-state index in [1.54, 1.807) is 12.1 Å². The van der Waals surface area contributed by atoms with E-state index in [9.17, 15) is 18.0 Å². The predicted octanol–water partition coefficient (Wildman–Crippen LogP) is 4.23. The van der Waals surface area contributed by atoms with Gasteiger partial charge in [0.25, 0.3) is 5.91 Å². The van der Waals surface area contributed by atoms with Gasteiger partial charge in [0, 0.05) is 35.8 Å². The van der Waals surface area contributed by atoms with Gasteiger partial charge in [-0.25, -0.2) is 4.79 Å². The van der Waals surface area contributed by atoms with Gasteiger partial charge in [0.05, 0.1) is 0 Å². The van der Waals surface area contributed by atoms with Crippen LogP contribution in [0.4, 0.5) is 13.2 Å². The fourth-order valence-electron chi connectivity index (χ4n) is 3.93. The molecule has 0 aromatic heterocycles. The summed E-state index contributed by atoms with van der Waals surface area (Å²) in [5.41, 5.74) is 0.983. The topological polar surface area (TPSA) is 60.9 Å². The number of aliphatic carboxylic acids is 1. The third-order valence-corrected chi connectivity index (χ3v) is 5.62. The van der Waals surface area contributed by atoms with E-state index < -0.39 is 12.1 Å². The van der Waals surface area contributed by atoms with E-state index in [2.05, 4.69) is 11.5 Å². The number of carbonyl (C=O) groups is 2. The average Bonchev–Trinajstić information content (AvgIpc) is 3.04. The highest BCUT2D eigenvalue weighted by Gasteiger charge is 2.43. The molecule has 1 aromatic rings. The molecule has 2 aliphatic heterocycles. The van der Waals surface area contributed by atoms with Crippen LogP contribution in [0.5, 0.6) is 0 Å². The van der Waals surface area contributed by atoms with Gasteiger partial charge in [-0.15, -0.1) is 6.58 Å². The van der Waals surface area contributed by atoms with Gasteiger partial charge in [-0.1, -0.05) is 23.7 Å². The maximum absolute atomic E-state index is 12.6. The number of rotatable bonds is 3. The average molecular weight is 433 g/mol. The molecule has 29 heavy (non-hydrogen) atoms. The number of alkyl halides is 3. The third-order valence-electron chi connectivity index (χ3n) is 5.39. The minimum Gasteiger partial charge on any atom is -0.475 e. The van der Waals surface area contributed by atoms with Crippen molar-refractivity contribution in [3.63, 3.8) is 0 Å². The molecule has 1 aromatic carbocycles. The van der Waals surface area contributed by atoms with Crippen LogP contribution in [0.15, 0.2) is 36.9 Å². The number of carboxylic acids is 1. The molecular formula is C20H24ClF3N2O3. The standard InChI is InChI=1S/C18H23ClN2O.C2HF3O2/c1-2-10-21-11-4-7-18(21)8-12-20(13-9-18)17(22)15-5-3-6-16(19)14-15;3-2(4,5)1(6)7/h2-3,5-6,14H,1,4,7-13H2;(H,6,7). The number of hydrogen-bond donors (Lipinski definition) is 1. The van der Waals surface area contributed by atoms with E-state index in [1.165, 1.54) is 12.8 Å². The van der Waals surface area contributed by atoms with Gasteiger partial charge in [0.1, 0.15) is 0 Å². The molecule has 2 fully saturated rings. The molecule has 0 atom stereocenters. The summed E-state index contributed by atoms with van der Waals surface area (Å²) in [5, 5.41) is 7.74. The second-order valence-electron chi connectivity index (χ2n) is 7.17. The summed E-state index contributed by atoms with van der Waals surface area (Å²) < 4.78 is 31.7. The first-order chi connectivity index (χ1) is 13.6. The molecule has 9 heteroatoms. The lowest BCUT2D eigenvalue weighted by molar-refractivity contribution is -0.192. The summed E-state index contributed by atoms with van der Waals surface area (Å²) >= 11 is 5.99. The van der Waals surface area contributed by atoms with Crippen LogP contribution in [0, 0.1) is 0 Å². The van der Waals surface area contributed by atoms with Crippen molar-refractivity contribution in [1.82, 2.24) is 9.80 Å². The van der Waals surface area contributed by atoms with E-state index in [0.717, 1.165) is 39.0 Å². The Kier molecular flexibility index (Phi) is 7.71. The number of carbonyl (C=O) groups excluding carboxylic acids is 1. The first-order valence-corrected chi connectivity index (χ1v) is 9.68. The molecule has 0 unspecified atom stereocenters. The Morgan fingerprint density at radius 2 is 1.83 bits per heavy atom. The molecule has 2 heterocycles. The van der Waals surface area contributed by atoms with Crippen molar-refractivity contribution in [2.45, 2.75) is 37.4 Å². The Morgan fingerprint density at radius 1 is 1.21 bits per heavy atom. The number of halogens is 4. The molecular weight excluding hydrogens is 409 g/mol. The van der Waals surface area contributed by atoms with Crippen molar-refractivity contribution < 1.29 is 27.9 Å². The van der Waals surface area contributed by atoms with E-state index >= 15 is 0 Å². The molecule has 1 amide bonds. The highest BCUT2D eigenvalue weighted by Crippen LogP contribution is 2.38. The maximum Gasteiger partial charge on any atom is 0.490 e. The lowest BCUT2D eigenvalue weighted by Gasteiger charge is -2.45. The van der Waals surface area contributed by atoms with E-state index in [0.29, 0.717) is 16.1 Å². The molecule has 3 rings (SSSR count). The smallest absolute Gasteiger partial charge is 0.475 e. The molecule has 1 N–H and O–H groups in total. The number of likely N-dealkylation sites (tertiary alicyclic amines) is 2. The fourth-order valence-corrected chi connectivity index (χ4v) is 4.12. The fraction of sp³-hybridized carbons (Fsp3) is 0.500. The van der Waals surface area contributed by atoms with Crippen LogP contribution in [0.3, 0.4) is 0 Å². The van der Waals surface area contributed by atoms with E-state index in [-0.39, 0.29) is 5.91 Å². The van der Waals surface area contributed by atoms with Gasteiger partial charge < -0.3 is 10.0 Å². The number of benzene rings is 1. The van der Waals surface area contributed by atoms with E-state index in [1.807, 2.05) is 23.1 Å². The van der Waals surface area contributed by atoms with Crippen molar-refractivity contribution in [2.75, 3.05) is 26.2 Å². The number of nitrogens with zero attached hydrogens (tertiary/aromatic N) is 2. The Labute approximate surface area is 172 Å². The maximum atomic E-state index is 12.6. The minimum atomic E-state index is -5.08. The van der Waals surface area contributed by atoms with Crippen molar-refractivity contribution in [2.24, 2.45) is 0 Å². The van der Waals surface area contributed by atoms with Crippen LogP contribution in [-0.2, 0) is 4.79 Å². The van der Waals surface area contributed by atoms with Gasteiger partial charge in [-0.05, 0) is 50.4 Å². The number of piperidine rings is 1. The second kappa shape index (κ2) is 9.63. The van der Waals surface area contributed by atoms with Crippen molar-refractivity contribution in [1.29, 1.82) is 0 Å². The Balaban J connectivity index is 0.000000370. The molecule has 5 nitrogen and oxygen atoms in total. The van der Waals surface area contributed by atoms with Crippen LogP contribution in [0.25, 0.3) is 0 Å². The Morgan fingerprint density at radius 3 is 2.34 bits per heavy atom. The predicted molar refractivity (Wildman–Crippen MR) is 104 cm³/mol. The van der Waals surface area contributed by atoms with Gasteiger partial charge in [0.15, 0.2) is 0 Å². The Bertz CT molecular complexity index is 747. The van der Waals surface area contributed by atoms with Gasteiger partial charge in [-0.3, -0.25) is 9.69 Å². The molecule has 0 bridgehead atoms. The molecule has 2 aliphatic rings. The molecule has 0 radical (unpaired) electrons. The minimum absolute atomic E-state index is 0.102. The summed E-state index contributed by atoms with van der Waals surface area (Å²) in [7, 11) is 0. The largest absolute Gasteiger partial charge is 0.490 e. The monoisotopic (exact) mass is 432 g/mol. The lowest BCUT2D eigenvalue weighted by Crippen LogP contribution is -2.53. The van der Waals surface area contributed by atoms with Crippen LogP contribution in [-0.4, -0.2) is 64.7 Å². The zero-order valence-electron chi connectivity index (χ0n) is 15.9. The molecule has 0 saturated carbocycles. The first-order valence-electron chi connectivity index (χ1n) is 9.30. The summed E-state index contributed by atoms with van der Waals surface area (Å²) in [6.07, 6.45) is 1.55. The van der Waals surface area contributed by atoms with Gasteiger partial charge >= 0.3 is 12.1 Å². The zero-order valence-corrected chi connectivity index (χ0v) is 16.7. The zero-order chi connectivity index (χ0) is 21.7. The summed E-state index contributed by atoms with van der Waals surface area (Å²) in [4.78, 5) is 26.0. The molecule has 2 saturated heterocycles. The third kappa shape index (κ3) is 5.96. The number of hydrogen-bond acceptors (Lipinski definition) is 3.